The number of oxazole rings is 1. The Kier molecular flexibility index (Phi) is 7.55. The van der Waals surface area contributed by atoms with Crippen LogP contribution in [0.25, 0.3) is 0 Å². The first-order chi connectivity index (χ1) is 14.3. The summed E-state index contributed by atoms with van der Waals surface area (Å²) in [5, 5.41) is 3.47. The van der Waals surface area contributed by atoms with Crippen LogP contribution >= 0.6 is 23.1 Å². The number of nitrogens with zero attached hydrogens (tertiary/aromatic N) is 2. The third kappa shape index (κ3) is 6.88. The van der Waals surface area contributed by atoms with Crippen LogP contribution in [0.4, 0.5) is 5.13 Å². The van der Waals surface area contributed by atoms with E-state index in [2.05, 4.69) is 36.1 Å². The lowest BCUT2D eigenvalue weighted by Gasteiger charge is -2.15. The van der Waals surface area contributed by atoms with Gasteiger partial charge in [-0.3, -0.25) is 4.79 Å². The summed E-state index contributed by atoms with van der Waals surface area (Å²) in [6.07, 6.45) is 5.42. The molecule has 1 amide bonds. The van der Waals surface area contributed by atoms with E-state index in [-0.39, 0.29) is 11.3 Å². The number of carbonyl (C=O) groups is 1. The fourth-order valence-corrected chi connectivity index (χ4v) is 4.62. The average Bonchev–Trinajstić information content (AvgIpc) is 3.32. The molecule has 2 aromatic heterocycles. The van der Waals surface area contributed by atoms with Crippen molar-refractivity contribution in [2.24, 2.45) is 5.41 Å². The van der Waals surface area contributed by atoms with Gasteiger partial charge in [-0.05, 0) is 23.5 Å². The number of anilines is 1. The van der Waals surface area contributed by atoms with Gasteiger partial charge in [-0.1, -0.05) is 50.3 Å². The molecule has 6 nitrogen and oxygen atoms in total. The van der Waals surface area contributed by atoms with Gasteiger partial charge in [0.05, 0.1) is 29.5 Å². The van der Waals surface area contributed by atoms with Gasteiger partial charge in [-0.2, -0.15) is 0 Å². The van der Waals surface area contributed by atoms with E-state index < -0.39 is 0 Å². The molecule has 0 bridgehead atoms. The van der Waals surface area contributed by atoms with Gasteiger partial charge < -0.3 is 14.5 Å². The number of hydrogen-bond donors (Lipinski definition) is 1. The number of thioether (sulfide) groups is 1. The number of carbonyl (C=O) groups excluding carboxylic acids is 1. The van der Waals surface area contributed by atoms with Gasteiger partial charge in [-0.25, -0.2) is 9.97 Å². The van der Waals surface area contributed by atoms with E-state index in [9.17, 15) is 4.79 Å². The molecule has 1 N–H and O–H groups in total. The molecular weight excluding hydrogens is 418 g/mol. The second kappa shape index (κ2) is 10.1. The molecule has 0 radical (unpaired) electrons. The van der Waals surface area contributed by atoms with E-state index in [1.807, 2.05) is 24.3 Å². The van der Waals surface area contributed by atoms with Gasteiger partial charge in [0.1, 0.15) is 11.5 Å². The summed E-state index contributed by atoms with van der Waals surface area (Å²) in [6, 6.07) is 7.73. The Hall–Kier alpha value is -2.32. The van der Waals surface area contributed by atoms with Crippen molar-refractivity contribution in [1.29, 1.82) is 0 Å². The maximum absolute atomic E-state index is 12.3. The standard InChI is InChI=1S/C22H27N3O3S2/c1-22(2,3)11-16-12-23-19(28-16)14-29-20-13-24-21(30-20)25-18(26)10-9-15-7-5-6-8-17(15)27-4/h5-8,12-13H,9-11,14H2,1-4H3,(H,24,25,26). The van der Waals surface area contributed by atoms with Crippen molar-refractivity contribution in [3.05, 3.63) is 53.9 Å². The van der Waals surface area contributed by atoms with Crippen molar-refractivity contribution in [3.8, 4) is 5.75 Å². The molecule has 1 aromatic carbocycles. The van der Waals surface area contributed by atoms with Gasteiger partial charge >= 0.3 is 0 Å². The number of methoxy groups -OCH3 is 1. The Morgan fingerprint density at radius 1 is 1.23 bits per heavy atom. The number of hydrogen-bond acceptors (Lipinski definition) is 7. The molecule has 0 atom stereocenters. The molecular formula is C22H27N3O3S2. The van der Waals surface area contributed by atoms with Gasteiger partial charge in [0.2, 0.25) is 11.8 Å². The largest absolute Gasteiger partial charge is 0.496 e. The molecule has 0 aliphatic heterocycles. The zero-order chi connectivity index (χ0) is 21.6. The fraction of sp³-hybridized carbons (Fsp3) is 0.409. The number of aryl methyl sites for hydroxylation is 1. The number of benzene rings is 1. The van der Waals surface area contributed by atoms with Crippen LogP contribution in [0.3, 0.4) is 0 Å². The van der Waals surface area contributed by atoms with Crippen LogP contribution in [0.2, 0.25) is 0 Å². The Balaban J connectivity index is 1.46. The quantitative estimate of drug-likeness (QED) is 0.433. The Labute approximate surface area is 185 Å². The minimum Gasteiger partial charge on any atom is -0.496 e. The summed E-state index contributed by atoms with van der Waals surface area (Å²) in [5.41, 5.74) is 1.18. The summed E-state index contributed by atoms with van der Waals surface area (Å²) in [5.74, 6) is 2.98. The highest BCUT2D eigenvalue weighted by molar-refractivity contribution is 8.00. The first-order valence-electron chi connectivity index (χ1n) is 9.76. The summed E-state index contributed by atoms with van der Waals surface area (Å²) in [7, 11) is 1.64. The van der Waals surface area contributed by atoms with Crippen molar-refractivity contribution < 1.29 is 13.9 Å². The van der Waals surface area contributed by atoms with Crippen LogP contribution < -0.4 is 10.1 Å². The smallest absolute Gasteiger partial charge is 0.226 e. The average molecular weight is 446 g/mol. The SMILES string of the molecule is COc1ccccc1CCC(=O)Nc1ncc(SCc2ncc(CC(C)(C)C)o2)s1. The molecule has 0 saturated heterocycles. The minimum atomic E-state index is -0.0636. The van der Waals surface area contributed by atoms with Crippen LogP contribution in [0.1, 0.15) is 44.4 Å². The van der Waals surface area contributed by atoms with Crippen molar-refractivity contribution in [1.82, 2.24) is 9.97 Å². The van der Waals surface area contributed by atoms with E-state index in [1.165, 1.54) is 11.3 Å². The highest BCUT2D eigenvalue weighted by Gasteiger charge is 2.15. The van der Waals surface area contributed by atoms with Crippen LogP contribution in [0.5, 0.6) is 5.75 Å². The normalized spacial score (nSPS) is 11.5. The number of amides is 1. The zero-order valence-electron chi connectivity index (χ0n) is 17.7. The van der Waals surface area contributed by atoms with Crippen LogP contribution in [-0.4, -0.2) is 23.0 Å². The second-order valence-corrected chi connectivity index (χ2v) is 10.4. The maximum Gasteiger partial charge on any atom is 0.226 e. The summed E-state index contributed by atoms with van der Waals surface area (Å²) in [6.45, 7) is 6.52. The number of nitrogens with one attached hydrogen (secondary N) is 1. The molecule has 8 heteroatoms. The Bertz CT molecular complexity index is 976. The molecule has 2 heterocycles. The van der Waals surface area contributed by atoms with Crippen LogP contribution in [-0.2, 0) is 23.4 Å². The fourth-order valence-electron chi connectivity index (χ4n) is 2.88. The molecule has 3 rings (SSSR count). The predicted molar refractivity (Wildman–Crippen MR) is 121 cm³/mol. The molecule has 0 aliphatic carbocycles. The van der Waals surface area contributed by atoms with Crippen molar-refractivity contribution in [3.63, 3.8) is 0 Å². The topological polar surface area (TPSA) is 77.2 Å². The van der Waals surface area contributed by atoms with Crippen LogP contribution in [0, 0.1) is 5.41 Å². The first kappa shape index (κ1) is 22.4. The summed E-state index contributed by atoms with van der Waals surface area (Å²) in [4.78, 5) is 20.9. The second-order valence-electron chi connectivity index (χ2n) is 8.09. The van der Waals surface area contributed by atoms with Crippen molar-refractivity contribution in [2.75, 3.05) is 12.4 Å². The summed E-state index contributed by atoms with van der Waals surface area (Å²) < 4.78 is 12.2. The number of thiazole rings is 1. The molecule has 0 unspecified atom stereocenters. The highest BCUT2D eigenvalue weighted by Crippen LogP contribution is 2.31. The number of rotatable bonds is 9. The van der Waals surface area contributed by atoms with E-state index in [4.69, 9.17) is 9.15 Å². The number of para-hydroxylation sites is 1. The Morgan fingerprint density at radius 2 is 2.03 bits per heavy atom. The predicted octanol–water partition coefficient (Wildman–Crippen LogP) is 5.59. The van der Waals surface area contributed by atoms with Gasteiger partial charge in [0, 0.05) is 12.8 Å². The lowest BCUT2D eigenvalue weighted by molar-refractivity contribution is -0.116. The van der Waals surface area contributed by atoms with Gasteiger partial charge in [0.15, 0.2) is 5.13 Å². The Morgan fingerprint density at radius 3 is 2.80 bits per heavy atom. The van der Waals surface area contributed by atoms with E-state index in [0.717, 1.165) is 27.7 Å². The molecule has 30 heavy (non-hydrogen) atoms. The number of ether oxygens (including phenoxy) is 1. The maximum atomic E-state index is 12.3. The van der Waals surface area contributed by atoms with E-state index >= 15 is 0 Å². The first-order valence-corrected chi connectivity index (χ1v) is 11.6. The molecule has 0 saturated carbocycles. The molecule has 160 valence electrons. The van der Waals surface area contributed by atoms with Gasteiger partial charge in [-0.15, -0.1) is 11.8 Å². The highest BCUT2D eigenvalue weighted by atomic mass is 32.2. The van der Waals surface area contributed by atoms with Crippen molar-refractivity contribution in [2.45, 2.75) is 50.0 Å². The van der Waals surface area contributed by atoms with Gasteiger partial charge in [0.25, 0.3) is 0 Å². The zero-order valence-corrected chi connectivity index (χ0v) is 19.4. The van der Waals surface area contributed by atoms with Crippen molar-refractivity contribution >= 4 is 34.1 Å². The third-order valence-electron chi connectivity index (χ3n) is 4.19. The summed E-state index contributed by atoms with van der Waals surface area (Å²) >= 11 is 3.05. The molecule has 0 fully saturated rings. The molecule has 0 aliphatic rings. The molecule has 0 spiro atoms. The lowest BCUT2D eigenvalue weighted by atomic mass is 9.91. The minimum absolute atomic E-state index is 0.0636. The van der Waals surface area contributed by atoms with E-state index in [0.29, 0.717) is 29.6 Å². The molecule has 3 aromatic rings. The monoisotopic (exact) mass is 445 g/mol. The lowest BCUT2D eigenvalue weighted by Crippen LogP contribution is -2.12. The third-order valence-corrected chi connectivity index (χ3v) is 6.28. The van der Waals surface area contributed by atoms with E-state index in [1.54, 1.807) is 31.3 Å². The number of aromatic nitrogens is 2. The van der Waals surface area contributed by atoms with Crippen LogP contribution in [0.15, 0.2) is 45.3 Å².